The fourth-order valence-electron chi connectivity index (χ4n) is 4.39. The smallest absolute Gasteiger partial charge is 0.178 e. The van der Waals surface area contributed by atoms with Crippen LogP contribution in [0.3, 0.4) is 0 Å². The molecule has 1 heteroatoms. The number of rotatable bonds is 6. The van der Waals surface area contributed by atoms with Crippen molar-refractivity contribution < 1.29 is 4.79 Å². The first kappa shape index (κ1) is 21.8. The SMILES string of the molecule is CC(C)(C=CC(=O)C=CC(C)(C)c1cccc2ccccc12)c1cccc2ccccc12. The van der Waals surface area contributed by atoms with E-state index in [0.29, 0.717) is 0 Å². The van der Waals surface area contributed by atoms with E-state index in [1.807, 2.05) is 12.2 Å². The lowest BCUT2D eigenvalue weighted by Gasteiger charge is -2.23. The highest BCUT2D eigenvalue weighted by Crippen LogP contribution is 2.33. The van der Waals surface area contributed by atoms with Gasteiger partial charge in [-0.15, -0.1) is 0 Å². The van der Waals surface area contributed by atoms with Crippen LogP contribution < -0.4 is 0 Å². The van der Waals surface area contributed by atoms with Gasteiger partial charge in [-0.1, -0.05) is 125 Å². The third kappa shape index (κ3) is 4.43. The van der Waals surface area contributed by atoms with Crippen molar-refractivity contribution in [3.05, 3.63) is 120 Å². The molecule has 0 aromatic heterocycles. The Morgan fingerprint density at radius 1 is 0.562 bits per heavy atom. The van der Waals surface area contributed by atoms with Crippen molar-refractivity contribution in [1.29, 1.82) is 0 Å². The Balaban J connectivity index is 1.57. The molecule has 0 N–H and O–H groups in total. The predicted octanol–water partition coefficient (Wildman–Crippen LogP) is 7.93. The summed E-state index contributed by atoms with van der Waals surface area (Å²) in [4.78, 5) is 12.8. The van der Waals surface area contributed by atoms with Crippen molar-refractivity contribution in [1.82, 2.24) is 0 Å². The molecule has 0 amide bonds. The molecule has 0 heterocycles. The van der Waals surface area contributed by atoms with Crippen LogP contribution in [0.15, 0.2) is 109 Å². The molecule has 0 aliphatic carbocycles. The number of carbonyl (C=O) groups excluding carboxylic acids is 1. The van der Waals surface area contributed by atoms with Gasteiger partial charge in [-0.3, -0.25) is 4.79 Å². The Labute approximate surface area is 191 Å². The molecule has 32 heavy (non-hydrogen) atoms. The lowest BCUT2D eigenvalue weighted by Crippen LogP contribution is -2.15. The van der Waals surface area contributed by atoms with Gasteiger partial charge in [0.2, 0.25) is 0 Å². The number of ketones is 1. The molecule has 0 fully saturated rings. The lowest BCUT2D eigenvalue weighted by molar-refractivity contribution is -0.110. The standard InChI is InChI=1S/C31H30O/c1-30(2,28-17-9-13-23-11-5-7-15-26(23)28)21-19-25(32)20-22-31(3,4)29-18-10-14-24-12-6-8-16-27(24)29/h5-22H,1-4H3. The molecule has 0 atom stereocenters. The van der Waals surface area contributed by atoms with Crippen LogP contribution in [0, 0.1) is 0 Å². The van der Waals surface area contributed by atoms with E-state index in [4.69, 9.17) is 0 Å². The molecule has 0 aliphatic heterocycles. The molecule has 1 nitrogen and oxygen atoms in total. The second-order valence-corrected chi connectivity index (χ2v) is 9.57. The Bertz CT molecular complexity index is 1220. The first-order chi connectivity index (χ1) is 15.3. The van der Waals surface area contributed by atoms with Crippen molar-refractivity contribution >= 4 is 27.3 Å². The van der Waals surface area contributed by atoms with Crippen LogP contribution in [-0.4, -0.2) is 5.78 Å². The van der Waals surface area contributed by atoms with Gasteiger partial charge in [0.25, 0.3) is 0 Å². The average molecular weight is 419 g/mol. The summed E-state index contributed by atoms with van der Waals surface area (Å²) in [5.41, 5.74) is 1.94. The van der Waals surface area contributed by atoms with Crippen molar-refractivity contribution in [3.63, 3.8) is 0 Å². The number of hydrogen-bond donors (Lipinski definition) is 0. The fourth-order valence-corrected chi connectivity index (χ4v) is 4.39. The number of fused-ring (bicyclic) bond motifs is 2. The van der Waals surface area contributed by atoms with Crippen LogP contribution in [0.2, 0.25) is 0 Å². The van der Waals surface area contributed by atoms with E-state index in [-0.39, 0.29) is 16.6 Å². The minimum absolute atomic E-state index is 0.00613. The molecule has 4 aromatic carbocycles. The first-order valence-corrected chi connectivity index (χ1v) is 11.2. The predicted molar refractivity (Wildman–Crippen MR) is 137 cm³/mol. The van der Waals surface area contributed by atoms with E-state index in [1.165, 1.54) is 32.7 Å². The molecule has 0 aliphatic rings. The summed E-state index contributed by atoms with van der Waals surface area (Å²) >= 11 is 0. The van der Waals surface area contributed by atoms with Gasteiger partial charge in [-0.2, -0.15) is 0 Å². The van der Waals surface area contributed by atoms with Crippen molar-refractivity contribution in [2.75, 3.05) is 0 Å². The van der Waals surface area contributed by atoms with Gasteiger partial charge < -0.3 is 0 Å². The van der Waals surface area contributed by atoms with Gasteiger partial charge in [-0.25, -0.2) is 0 Å². The minimum Gasteiger partial charge on any atom is -0.290 e. The lowest BCUT2D eigenvalue weighted by atomic mass is 9.80. The van der Waals surface area contributed by atoms with Crippen LogP contribution in [0.5, 0.6) is 0 Å². The topological polar surface area (TPSA) is 17.1 Å². The molecule has 0 saturated heterocycles. The zero-order valence-corrected chi connectivity index (χ0v) is 19.3. The van der Waals surface area contributed by atoms with E-state index >= 15 is 0 Å². The van der Waals surface area contributed by atoms with Crippen LogP contribution in [0.4, 0.5) is 0 Å². The maximum absolute atomic E-state index is 12.8. The summed E-state index contributed by atoms with van der Waals surface area (Å²) in [6.07, 6.45) is 7.45. The quantitative estimate of drug-likeness (QED) is 0.291. The van der Waals surface area contributed by atoms with Crippen molar-refractivity contribution in [2.45, 2.75) is 38.5 Å². The van der Waals surface area contributed by atoms with Crippen LogP contribution in [-0.2, 0) is 15.6 Å². The Kier molecular flexibility index (Phi) is 5.84. The fraction of sp³-hybridized carbons (Fsp3) is 0.194. The Morgan fingerprint density at radius 3 is 1.38 bits per heavy atom. The van der Waals surface area contributed by atoms with Gasteiger partial charge in [0.15, 0.2) is 5.78 Å². The highest BCUT2D eigenvalue weighted by Gasteiger charge is 2.21. The van der Waals surface area contributed by atoms with Crippen LogP contribution in [0.25, 0.3) is 21.5 Å². The van der Waals surface area contributed by atoms with E-state index in [9.17, 15) is 4.79 Å². The van der Waals surface area contributed by atoms with Gasteiger partial charge in [0.05, 0.1) is 0 Å². The summed E-state index contributed by atoms with van der Waals surface area (Å²) in [6.45, 7) is 8.62. The second kappa shape index (κ2) is 8.59. The molecule has 4 aromatic rings. The normalized spacial score (nSPS) is 12.9. The number of hydrogen-bond acceptors (Lipinski definition) is 1. The molecule has 0 unspecified atom stereocenters. The summed E-state index contributed by atoms with van der Waals surface area (Å²) in [5, 5.41) is 4.89. The first-order valence-electron chi connectivity index (χ1n) is 11.2. The van der Waals surface area contributed by atoms with Crippen molar-refractivity contribution in [3.8, 4) is 0 Å². The minimum atomic E-state index is -0.254. The van der Waals surface area contributed by atoms with Crippen LogP contribution >= 0.6 is 0 Å². The van der Waals surface area contributed by atoms with Gasteiger partial charge in [0, 0.05) is 10.8 Å². The molecular formula is C31H30O. The molecule has 160 valence electrons. The monoisotopic (exact) mass is 418 g/mol. The maximum atomic E-state index is 12.8. The van der Waals surface area contributed by atoms with Crippen LogP contribution in [0.1, 0.15) is 38.8 Å². The number of allylic oxidation sites excluding steroid dienone is 4. The summed E-state index contributed by atoms with van der Waals surface area (Å²) in [6, 6.07) is 29.5. The van der Waals surface area contributed by atoms with E-state index in [2.05, 4.69) is 113 Å². The number of benzene rings is 4. The second-order valence-electron chi connectivity index (χ2n) is 9.57. The zero-order chi connectivity index (χ0) is 22.8. The van der Waals surface area contributed by atoms with Gasteiger partial charge in [-0.05, 0) is 44.8 Å². The highest BCUT2D eigenvalue weighted by atomic mass is 16.1. The van der Waals surface area contributed by atoms with Gasteiger partial charge >= 0.3 is 0 Å². The largest absolute Gasteiger partial charge is 0.290 e. The Hall–Kier alpha value is -3.45. The van der Waals surface area contributed by atoms with E-state index in [1.54, 1.807) is 12.2 Å². The molecule has 0 spiro atoms. The average Bonchev–Trinajstić information content (AvgIpc) is 2.80. The molecule has 0 saturated carbocycles. The summed E-state index contributed by atoms with van der Waals surface area (Å²) in [5.74, 6) is 0.00613. The third-order valence-corrected chi connectivity index (χ3v) is 6.30. The molecule has 0 radical (unpaired) electrons. The number of carbonyl (C=O) groups is 1. The van der Waals surface area contributed by atoms with Gasteiger partial charge in [0.1, 0.15) is 0 Å². The van der Waals surface area contributed by atoms with E-state index in [0.717, 1.165) is 0 Å². The third-order valence-electron chi connectivity index (χ3n) is 6.30. The summed E-state index contributed by atoms with van der Waals surface area (Å²) < 4.78 is 0. The maximum Gasteiger partial charge on any atom is 0.178 e. The highest BCUT2D eigenvalue weighted by molar-refractivity contribution is 5.99. The Morgan fingerprint density at radius 2 is 0.938 bits per heavy atom. The zero-order valence-electron chi connectivity index (χ0n) is 19.3. The van der Waals surface area contributed by atoms with Crippen molar-refractivity contribution in [2.24, 2.45) is 0 Å². The van der Waals surface area contributed by atoms with E-state index < -0.39 is 0 Å². The molecule has 4 rings (SSSR count). The molecular weight excluding hydrogens is 388 g/mol. The summed E-state index contributed by atoms with van der Waals surface area (Å²) in [7, 11) is 0. The molecule has 0 bridgehead atoms.